The number of alkyl halides is 3. The minimum absolute atomic E-state index is 0.0851. The van der Waals surface area contributed by atoms with Gasteiger partial charge in [-0.1, -0.05) is 15.9 Å². The summed E-state index contributed by atoms with van der Waals surface area (Å²) >= 11 is 6.40. The van der Waals surface area contributed by atoms with Gasteiger partial charge in [0, 0.05) is 9.80 Å². The van der Waals surface area contributed by atoms with Gasteiger partial charge < -0.3 is 9.47 Å². The molecule has 0 N–H and O–H groups in total. The van der Waals surface area contributed by atoms with E-state index in [4.69, 9.17) is 0 Å². The number of hydrogen-bond donors (Lipinski definition) is 0. The second-order valence-corrected chi connectivity index (χ2v) is 4.30. The van der Waals surface area contributed by atoms with Crippen molar-refractivity contribution < 1.29 is 23.0 Å². The van der Waals surface area contributed by atoms with Crippen molar-refractivity contribution in [1.82, 2.24) is 0 Å². The highest BCUT2D eigenvalue weighted by Gasteiger charge is 2.17. The SMILES string of the molecule is COC(=O)c1cc(OC(F)F)cc(CBr)c1Br. The number of ether oxygens (including phenoxy) is 2. The van der Waals surface area contributed by atoms with Gasteiger partial charge in [-0.3, -0.25) is 0 Å². The largest absolute Gasteiger partial charge is 0.465 e. The lowest BCUT2D eigenvalue weighted by molar-refractivity contribution is -0.0499. The maximum absolute atomic E-state index is 12.1. The van der Waals surface area contributed by atoms with Gasteiger partial charge in [0.05, 0.1) is 12.7 Å². The van der Waals surface area contributed by atoms with Crippen LogP contribution in [0.4, 0.5) is 8.78 Å². The van der Waals surface area contributed by atoms with Crippen LogP contribution >= 0.6 is 31.9 Å². The lowest BCUT2D eigenvalue weighted by Crippen LogP contribution is -2.07. The number of halogens is 4. The van der Waals surface area contributed by atoms with Crippen LogP contribution in [0.5, 0.6) is 5.75 Å². The number of hydrogen-bond acceptors (Lipinski definition) is 3. The van der Waals surface area contributed by atoms with Crippen molar-refractivity contribution >= 4 is 37.8 Å². The van der Waals surface area contributed by atoms with Crippen molar-refractivity contribution in [1.29, 1.82) is 0 Å². The Morgan fingerprint density at radius 1 is 1.47 bits per heavy atom. The highest BCUT2D eigenvalue weighted by molar-refractivity contribution is 9.10. The summed E-state index contributed by atoms with van der Waals surface area (Å²) in [5, 5.41) is 0.387. The summed E-state index contributed by atoms with van der Waals surface area (Å²) in [5.74, 6) is -0.711. The molecule has 7 heteroatoms. The Labute approximate surface area is 113 Å². The maximum Gasteiger partial charge on any atom is 0.387 e. The van der Waals surface area contributed by atoms with Gasteiger partial charge in [-0.15, -0.1) is 0 Å². The van der Waals surface area contributed by atoms with Crippen molar-refractivity contribution in [3.05, 3.63) is 27.7 Å². The zero-order valence-corrected chi connectivity index (χ0v) is 11.8. The molecule has 3 nitrogen and oxygen atoms in total. The van der Waals surface area contributed by atoms with Gasteiger partial charge in [-0.05, 0) is 33.6 Å². The molecule has 0 atom stereocenters. The third kappa shape index (κ3) is 3.64. The van der Waals surface area contributed by atoms with Gasteiger partial charge in [0.1, 0.15) is 5.75 Å². The van der Waals surface area contributed by atoms with Crippen molar-refractivity contribution in [2.75, 3.05) is 7.11 Å². The summed E-state index contributed by atoms with van der Waals surface area (Å²) in [5.41, 5.74) is 0.753. The molecule has 0 saturated carbocycles. The standard InChI is InChI=1S/C10H8Br2F2O3/c1-16-9(15)7-3-6(17-10(13)14)2-5(4-11)8(7)12/h2-3,10H,4H2,1H3. The molecule has 0 radical (unpaired) electrons. The molecule has 1 rings (SSSR count). The number of benzene rings is 1. The number of methoxy groups -OCH3 is 1. The van der Waals surface area contributed by atoms with Crippen molar-refractivity contribution in [3.63, 3.8) is 0 Å². The molecule has 0 unspecified atom stereocenters. The molecule has 0 aliphatic carbocycles. The summed E-state index contributed by atoms with van der Waals surface area (Å²) in [6.07, 6.45) is 0. The molecule has 0 aromatic heterocycles. The summed E-state index contributed by atoms with van der Waals surface area (Å²) < 4.78 is 33.5. The molecule has 0 spiro atoms. The zero-order chi connectivity index (χ0) is 13.0. The molecule has 17 heavy (non-hydrogen) atoms. The van der Waals surface area contributed by atoms with Gasteiger partial charge in [-0.2, -0.15) is 8.78 Å². The van der Waals surface area contributed by atoms with Crippen LogP contribution in [-0.2, 0) is 10.1 Å². The summed E-state index contributed by atoms with van der Waals surface area (Å²) in [6, 6.07) is 2.62. The van der Waals surface area contributed by atoms with Crippen molar-refractivity contribution in [3.8, 4) is 5.75 Å². The molecule has 1 aromatic carbocycles. The van der Waals surface area contributed by atoms with Crippen LogP contribution in [0.3, 0.4) is 0 Å². The molecule has 0 heterocycles. The Morgan fingerprint density at radius 3 is 2.59 bits per heavy atom. The molecule has 94 valence electrons. The summed E-state index contributed by atoms with van der Waals surface area (Å²) in [7, 11) is 1.21. The highest BCUT2D eigenvalue weighted by atomic mass is 79.9. The average molecular weight is 374 g/mol. The molecule has 0 amide bonds. The summed E-state index contributed by atoms with van der Waals surface area (Å²) in [4.78, 5) is 11.4. The highest BCUT2D eigenvalue weighted by Crippen LogP contribution is 2.30. The fourth-order valence-corrected chi connectivity index (χ4v) is 2.53. The van der Waals surface area contributed by atoms with Gasteiger partial charge in [0.15, 0.2) is 0 Å². The normalized spacial score (nSPS) is 10.5. The van der Waals surface area contributed by atoms with E-state index in [1.165, 1.54) is 19.2 Å². The quantitative estimate of drug-likeness (QED) is 0.595. The fourth-order valence-electron chi connectivity index (χ4n) is 1.18. The third-order valence-electron chi connectivity index (χ3n) is 1.90. The van der Waals surface area contributed by atoms with E-state index in [-0.39, 0.29) is 11.3 Å². The Balaban J connectivity index is 3.23. The average Bonchev–Trinajstić information content (AvgIpc) is 2.29. The van der Waals surface area contributed by atoms with Gasteiger partial charge in [-0.25, -0.2) is 4.79 Å². The molecular formula is C10H8Br2F2O3. The number of rotatable bonds is 4. The van der Waals surface area contributed by atoms with E-state index >= 15 is 0 Å². The predicted molar refractivity (Wildman–Crippen MR) is 64.7 cm³/mol. The molecule has 0 bridgehead atoms. The number of esters is 1. The first-order valence-corrected chi connectivity index (χ1v) is 6.32. The predicted octanol–water partition coefficient (Wildman–Crippen LogP) is 3.73. The second-order valence-electron chi connectivity index (χ2n) is 2.95. The van der Waals surface area contributed by atoms with Gasteiger partial charge >= 0.3 is 12.6 Å². The topological polar surface area (TPSA) is 35.5 Å². The van der Waals surface area contributed by atoms with E-state index in [1.54, 1.807) is 0 Å². The molecule has 0 saturated heterocycles. The Bertz CT molecular complexity index is 424. The molecule has 0 aliphatic rings. The van der Waals surface area contributed by atoms with E-state index in [0.29, 0.717) is 15.4 Å². The minimum atomic E-state index is -2.94. The fraction of sp³-hybridized carbons (Fsp3) is 0.300. The molecule has 1 aromatic rings. The maximum atomic E-state index is 12.1. The second kappa shape index (κ2) is 6.30. The first-order chi connectivity index (χ1) is 7.99. The van der Waals surface area contributed by atoms with Crippen LogP contribution in [0, 0.1) is 0 Å². The Hall–Kier alpha value is -0.690. The van der Waals surface area contributed by atoms with Crippen LogP contribution in [0.15, 0.2) is 16.6 Å². The third-order valence-corrected chi connectivity index (χ3v) is 3.44. The van der Waals surface area contributed by atoms with Crippen LogP contribution in [-0.4, -0.2) is 19.7 Å². The van der Waals surface area contributed by atoms with Crippen LogP contribution in [0.25, 0.3) is 0 Å². The monoisotopic (exact) mass is 372 g/mol. The smallest absolute Gasteiger partial charge is 0.387 e. The lowest BCUT2D eigenvalue weighted by Gasteiger charge is -2.11. The van der Waals surface area contributed by atoms with Crippen molar-refractivity contribution in [2.24, 2.45) is 0 Å². The van der Waals surface area contributed by atoms with Crippen LogP contribution in [0.1, 0.15) is 15.9 Å². The summed E-state index contributed by atoms with van der Waals surface area (Å²) in [6.45, 7) is -2.94. The Morgan fingerprint density at radius 2 is 2.12 bits per heavy atom. The number of carbonyl (C=O) groups excluding carboxylic acids is 1. The van der Waals surface area contributed by atoms with Crippen molar-refractivity contribution in [2.45, 2.75) is 11.9 Å². The molecule has 0 aliphatic heterocycles. The van der Waals surface area contributed by atoms with E-state index < -0.39 is 12.6 Å². The first kappa shape index (κ1) is 14.4. The first-order valence-electron chi connectivity index (χ1n) is 4.41. The number of carbonyl (C=O) groups is 1. The Kier molecular flexibility index (Phi) is 5.32. The van der Waals surface area contributed by atoms with Gasteiger partial charge in [0.2, 0.25) is 0 Å². The van der Waals surface area contributed by atoms with E-state index in [0.717, 1.165) is 0 Å². The van der Waals surface area contributed by atoms with E-state index in [2.05, 4.69) is 41.3 Å². The van der Waals surface area contributed by atoms with Gasteiger partial charge in [0.25, 0.3) is 0 Å². The van der Waals surface area contributed by atoms with Crippen LogP contribution in [0.2, 0.25) is 0 Å². The van der Waals surface area contributed by atoms with E-state index in [9.17, 15) is 13.6 Å². The molecular weight excluding hydrogens is 366 g/mol. The zero-order valence-electron chi connectivity index (χ0n) is 8.68. The minimum Gasteiger partial charge on any atom is -0.465 e. The lowest BCUT2D eigenvalue weighted by atomic mass is 10.1. The van der Waals surface area contributed by atoms with Crippen LogP contribution < -0.4 is 4.74 Å². The molecule has 0 fully saturated rings. The van der Waals surface area contributed by atoms with E-state index in [1.807, 2.05) is 0 Å².